The number of benzene rings is 1. The Balaban J connectivity index is 1.96. The fourth-order valence-corrected chi connectivity index (χ4v) is 4.60. The molecule has 1 aliphatic heterocycles. The molecule has 1 aromatic carbocycles. The van der Waals surface area contributed by atoms with Crippen molar-refractivity contribution in [2.24, 2.45) is 16.3 Å². The average Bonchev–Trinajstić information content (AvgIpc) is 3.01. The Morgan fingerprint density at radius 3 is 2.92 bits per heavy atom. The zero-order chi connectivity index (χ0) is 17.9. The monoisotopic (exact) mass is 421 g/mol. The number of aromatic nitrogens is 2. The third-order valence-corrected chi connectivity index (χ3v) is 6.00. The minimum atomic E-state index is -0.459. The molecular formula is C18H17BrClN3O2. The van der Waals surface area contributed by atoms with Crippen LogP contribution in [0, 0.1) is 11.3 Å². The first-order valence-electron chi connectivity index (χ1n) is 8.13. The van der Waals surface area contributed by atoms with Crippen LogP contribution in [0.15, 0.2) is 33.9 Å². The number of carbonyl (C=O) groups is 1. The van der Waals surface area contributed by atoms with E-state index in [1.807, 2.05) is 19.9 Å². The highest BCUT2D eigenvalue weighted by Crippen LogP contribution is 2.48. The van der Waals surface area contributed by atoms with Crippen molar-refractivity contribution in [3.63, 3.8) is 0 Å². The molecule has 1 N–H and O–H groups in total. The van der Waals surface area contributed by atoms with Crippen molar-refractivity contribution in [1.82, 2.24) is 9.78 Å². The number of rotatable bonds is 1. The van der Waals surface area contributed by atoms with E-state index >= 15 is 0 Å². The smallest absolute Gasteiger partial charge is 0.150 e. The molecule has 2 unspecified atom stereocenters. The van der Waals surface area contributed by atoms with Crippen molar-refractivity contribution in [3.05, 3.63) is 39.5 Å². The molecule has 130 valence electrons. The maximum atomic E-state index is 13.2. The first-order chi connectivity index (χ1) is 11.8. The number of nitrogens with zero attached hydrogens (tertiary/aromatic N) is 3. The molecule has 2 atom stereocenters. The van der Waals surface area contributed by atoms with Gasteiger partial charge in [-0.1, -0.05) is 25.4 Å². The van der Waals surface area contributed by atoms with Gasteiger partial charge < -0.3 is 5.11 Å². The summed E-state index contributed by atoms with van der Waals surface area (Å²) in [5.74, 6) is 0.444. The lowest BCUT2D eigenvalue weighted by Crippen LogP contribution is -2.46. The van der Waals surface area contributed by atoms with Crippen LogP contribution in [0.1, 0.15) is 38.3 Å². The molecular weight excluding hydrogens is 406 g/mol. The molecule has 0 spiro atoms. The summed E-state index contributed by atoms with van der Waals surface area (Å²) in [4.78, 5) is 17.9. The number of aromatic hydroxyl groups is 1. The molecule has 0 bridgehead atoms. The molecule has 1 saturated carbocycles. The molecule has 1 aliphatic carbocycles. The Labute approximate surface area is 158 Å². The Bertz CT molecular complexity index is 919. The van der Waals surface area contributed by atoms with Gasteiger partial charge in [-0.05, 0) is 40.9 Å². The molecule has 1 fully saturated rings. The number of phenols is 1. The third kappa shape index (κ3) is 2.54. The van der Waals surface area contributed by atoms with Gasteiger partial charge in [-0.2, -0.15) is 5.10 Å². The van der Waals surface area contributed by atoms with Gasteiger partial charge in [0.05, 0.1) is 22.6 Å². The average molecular weight is 423 g/mol. The van der Waals surface area contributed by atoms with Gasteiger partial charge in [0.25, 0.3) is 0 Å². The number of ketones is 1. The van der Waals surface area contributed by atoms with E-state index in [2.05, 4.69) is 26.0 Å². The highest BCUT2D eigenvalue weighted by atomic mass is 79.9. The van der Waals surface area contributed by atoms with Crippen LogP contribution in [0.5, 0.6) is 5.75 Å². The summed E-state index contributed by atoms with van der Waals surface area (Å²) in [6.45, 7) is 3.94. The molecule has 2 aromatic rings. The number of halogens is 2. The minimum absolute atomic E-state index is 0.0771. The number of fused-ring (bicyclic) bond motifs is 2. The van der Waals surface area contributed by atoms with Crippen LogP contribution in [0.2, 0.25) is 5.02 Å². The number of aliphatic imine (C=N–C) groups is 1. The quantitative estimate of drug-likeness (QED) is 0.725. The van der Waals surface area contributed by atoms with E-state index in [1.165, 1.54) is 0 Å². The summed E-state index contributed by atoms with van der Waals surface area (Å²) >= 11 is 9.56. The van der Waals surface area contributed by atoms with E-state index in [9.17, 15) is 9.90 Å². The molecule has 0 amide bonds. The van der Waals surface area contributed by atoms with Crippen LogP contribution in [-0.2, 0) is 4.79 Å². The topological polar surface area (TPSA) is 67.5 Å². The molecule has 25 heavy (non-hydrogen) atoms. The second-order valence-corrected chi connectivity index (χ2v) is 8.52. The summed E-state index contributed by atoms with van der Waals surface area (Å²) in [5.41, 5.74) is 1.00. The van der Waals surface area contributed by atoms with E-state index < -0.39 is 17.4 Å². The van der Waals surface area contributed by atoms with Crippen LogP contribution in [0.3, 0.4) is 0 Å². The summed E-state index contributed by atoms with van der Waals surface area (Å²) in [6.07, 6.45) is 3.19. The van der Waals surface area contributed by atoms with Crippen molar-refractivity contribution >= 4 is 44.8 Å². The summed E-state index contributed by atoms with van der Waals surface area (Å²) in [6, 6.07) is 4.70. The van der Waals surface area contributed by atoms with Gasteiger partial charge in [0.15, 0.2) is 5.82 Å². The number of Topliss-reactive ketones (excluding diaryl/α,β-unsaturated/α-hetero) is 1. The van der Waals surface area contributed by atoms with Crippen molar-refractivity contribution < 1.29 is 9.90 Å². The van der Waals surface area contributed by atoms with Crippen molar-refractivity contribution in [2.45, 2.75) is 32.7 Å². The maximum Gasteiger partial charge on any atom is 0.150 e. The molecule has 2 heterocycles. The number of hydrogen-bond donors (Lipinski definition) is 1. The van der Waals surface area contributed by atoms with Crippen LogP contribution >= 0.6 is 27.5 Å². The second kappa shape index (κ2) is 5.68. The van der Waals surface area contributed by atoms with E-state index in [4.69, 9.17) is 11.6 Å². The second-order valence-electron chi connectivity index (χ2n) is 7.23. The molecule has 0 radical (unpaired) electrons. The highest BCUT2D eigenvalue weighted by Gasteiger charge is 2.48. The summed E-state index contributed by atoms with van der Waals surface area (Å²) in [5, 5.41) is 15.5. The fraction of sp³-hybridized carbons (Fsp3) is 0.389. The normalized spacial score (nSPS) is 24.5. The zero-order valence-electron chi connectivity index (χ0n) is 13.8. The molecule has 5 nitrogen and oxygen atoms in total. The van der Waals surface area contributed by atoms with Gasteiger partial charge in [-0.15, -0.1) is 0 Å². The SMILES string of the molecule is CC1(C)CCC2=Nc3ccnn3C(c3cc(Cl)cc(Br)c3O)C2C1=O. The first kappa shape index (κ1) is 16.8. The fourth-order valence-electron chi connectivity index (χ4n) is 3.76. The summed E-state index contributed by atoms with van der Waals surface area (Å²) in [7, 11) is 0. The number of carbonyl (C=O) groups excluding carboxylic acids is 1. The molecule has 1 aromatic heterocycles. The Morgan fingerprint density at radius 1 is 1.40 bits per heavy atom. The predicted octanol–water partition coefficient (Wildman–Crippen LogP) is 4.69. The standard InChI is InChI=1S/C18H17BrClN3O2/c1-18(2)5-3-12-14(17(18)25)15(23-13(22-12)4-6-21-23)10-7-9(20)8-11(19)16(10)24/h4,6-8,14-15,24H,3,5H2,1-2H3. The number of hydrogen-bond acceptors (Lipinski definition) is 4. The van der Waals surface area contributed by atoms with Crippen molar-refractivity contribution in [3.8, 4) is 5.75 Å². The van der Waals surface area contributed by atoms with Crippen LogP contribution in [0.25, 0.3) is 0 Å². The first-order valence-corrected chi connectivity index (χ1v) is 9.30. The molecule has 2 aliphatic rings. The van der Waals surface area contributed by atoms with Crippen LogP contribution < -0.4 is 0 Å². The minimum Gasteiger partial charge on any atom is -0.506 e. The maximum absolute atomic E-state index is 13.2. The summed E-state index contributed by atoms with van der Waals surface area (Å²) < 4.78 is 2.21. The molecule has 4 rings (SSSR count). The van der Waals surface area contributed by atoms with Gasteiger partial charge in [0, 0.05) is 27.8 Å². The molecule has 0 saturated heterocycles. The van der Waals surface area contributed by atoms with Gasteiger partial charge in [-0.3, -0.25) is 4.79 Å². The zero-order valence-corrected chi connectivity index (χ0v) is 16.2. The van der Waals surface area contributed by atoms with E-state index in [1.54, 1.807) is 23.0 Å². The van der Waals surface area contributed by atoms with Crippen LogP contribution in [0.4, 0.5) is 5.82 Å². The van der Waals surface area contributed by atoms with E-state index in [0.29, 0.717) is 20.9 Å². The Kier molecular flexibility index (Phi) is 3.81. The Hall–Kier alpha value is -1.66. The number of phenolic OH excluding ortho intramolecular Hbond substituents is 1. The lowest BCUT2D eigenvalue weighted by Gasteiger charge is -2.41. The van der Waals surface area contributed by atoms with Gasteiger partial charge in [-0.25, -0.2) is 9.67 Å². The van der Waals surface area contributed by atoms with Gasteiger partial charge in [0.1, 0.15) is 11.5 Å². The lowest BCUT2D eigenvalue weighted by atomic mass is 9.66. The van der Waals surface area contributed by atoms with Crippen molar-refractivity contribution in [1.29, 1.82) is 0 Å². The van der Waals surface area contributed by atoms with Gasteiger partial charge >= 0.3 is 0 Å². The lowest BCUT2D eigenvalue weighted by molar-refractivity contribution is -0.131. The molecule has 7 heteroatoms. The van der Waals surface area contributed by atoms with E-state index in [-0.39, 0.29) is 11.5 Å². The third-order valence-electron chi connectivity index (χ3n) is 5.18. The highest BCUT2D eigenvalue weighted by molar-refractivity contribution is 9.10. The largest absolute Gasteiger partial charge is 0.506 e. The van der Waals surface area contributed by atoms with E-state index in [0.717, 1.165) is 18.6 Å². The van der Waals surface area contributed by atoms with Gasteiger partial charge in [0.2, 0.25) is 0 Å². The van der Waals surface area contributed by atoms with Crippen LogP contribution in [-0.4, -0.2) is 26.4 Å². The Morgan fingerprint density at radius 2 is 2.16 bits per heavy atom. The van der Waals surface area contributed by atoms with Crippen molar-refractivity contribution in [2.75, 3.05) is 0 Å². The predicted molar refractivity (Wildman–Crippen MR) is 99.8 cm³/mol.